The van der Waals surface area contributed by atoms with Crippen molar-refractivity contribution in [2.24, 2.45) is 0 Å². The summed E-state index contributed by atoms with van der Waals surface area (Å²) in [5.41, 5.74) is 1.29. The van der Waals surface area contributed by atoms with Gasteiger partial charge in [-0.3, -0.25) is 0 Å². The fourth-order valence-electron chi connectivity index (χ4n) is 1.59. The second-order valence-electron chi connectivity index (χ2n) is 3.45. The molecule has 2 rings (SSSR count). The monoisotopic (exact) mass is 198 g/mol. The van der Waals surface area contributed by atoms with E-state index in [9.17, 15) is 0 Å². The Bertz CT molecular complexity index is 429. The van der Waals surface area contributed by atoms with Crippen LogP contribution in [0.25, 0.3) is 0 Å². The summed E-state index contributed by atoms with van der Waals surface area (Å²) >= 11 is 0. The highest BCUT2D eigenvalue weighted by Gasteiger charge is 2.01. The predicted octanol–water partition coefficient (Wildman–Crippen LogP) is 2.66. The lowest BCUT2D eigenvalue weighted by molar-refractivity contribution is 0.758. The number of aromatic nitrogens is 2. The Balaban J connectivity index is 2.17. The zero-order valence-corrected chi connectivity index (χ0v) is 8.63. The second kappa shape index (κ2) is 4.60. The van der Waals surface area contributed by atoms with E-state index >= 15 is 0 Å². The van der Waals surface area contributed by atoms with Gasteiger partial charge >= 0.3 is 0 Å². The molecule has 0 fully saturated rings. The van der Waals surface area contributed by atoms with E-state index in [1.54, 1.807) is 0 Å². The maximum Gasteiger partial charge on any atom is 0.113 e. The van der Waals surface area contributed by atoms with Crippen LogP contribution in [0.2, 0.25) is 0 Å². The normalized spacial score (nSPS) is 10.1. The zero-order valence-electron chi connectivity index (χ0n) is 8.63. The Morgan fingerprint density at radius 1 is 1.27 bits per heavy atom. The van der Waals surface area contributed by atoms with E-state index in [-0.39, 0.29) is 0 Å². The molecule has 0 aliphatic rings. The van der Waals surface area contributed by atoms with Crippen LogP contribution in [0, 0.1) is 0 Å². The maximum atomic E-state index is 4.35. The van der Waals surface area contributed by atoms with Crippen molar-refractivity contribution < 1.29 is 0 Å². The van der Waals surface area contributed by atoms with Crippen LogP contribution >= 0.6 is 0 Å². The lowest BCUT2D eigenvalue weighted by Gasteiger charge is -2.04. The van der Waals surface area contributed by atoms with Crippen LogP contribution < -0.4 is 0 Å². The lowest BCUT2D eigenvalue weighted by atomic mass is 10.1. The minimum absolute atomic E-state index is 0.822. The van der Waals surface area contributed by atoms with E-state index in [4.69, 9.17) is 0 Å². The topological polar surface area (TPSA) is 17.8 Å². The molecule has 1 aromatic heterocycles. The van der Waals surface area contributed by atoms with E-state index in [0.29, 0.717) is 0 Å². The molecule has 0 aliphatic heterocycles. The van der Waals surface area contributed by atoms with Crippen molar-refractivity contribution in [3.8, 4) is 0 Å². The van der Waals surface area contributed by atoms with Gasteiger partial charge in [-0.2, -0.15) is 0 Å². The first-order valence-corrected chi connectivity index (χ1v) is 5.05. The highest BCUT2D eigenvalue weighted by atomic mass is 15.0. The number of imidazole rings is 1. The van der Waals surface area contributed by atoms with Crippen LogP contribution in [0.5, 0.6) is 0 Å². The fraction of sp³-hybridized carbons (Fsp3) is 0.154. The number of nitrogens with zero attached hydrogens (tertiary/aromatic N) is 2. The molecule has 0 bridgehead atoms. The third kappa shape index (κ3) is 2.34. The second-order valence-corrected chi connectivity index (χ2v) is 3.45. The van der Waals surface area contributed by atoms with E-state index in [2.05, 4.69) is 40.4 Å². The van der Waals surface area contributed by atoms with Crippen molar-refractivity contribution in [2.75, 3.05) is 0 Å². The third-order valence-electron chi connectivity index (χ3n) is 2.33. The number of hydrogen-bond acceptors (Lipinski definition) is 1. The van der Waals surface area contributed by atoms with Gasteiger partial charge in [-0.05, 0) is 5.56 Å². The average Bonchev–Trinajstić information content (AvgIpc) is 2.68. The number of allylic oxidation sites excluding steroid dienone is 1. The van der Waals surface area contributed by atoms with Crippen LogP contribution in [0.15, 0.2) is 55.4 Å². The van der Waals surface area contributed by atoms with Crippen LogP contribution in [-0.2, 0) is 13.0 Å². The number of benzene rings is 1. The molecule has 0 N–H and O–H groups in total. The smallest absolute Gasteiger partial charge is 0.113 e. The standard InChI is InChI=1S/C13H14N2/c1-2-9-15-10-8-14-13(15)11-12-6-4-3-5-7-12/h2-8,10H,1,9,11H2. The van der Waals surface area contributed by atoms with Gasteiger partial charge in [0, 0.05) is 25.4 Å². The van der Waals surface area contributed by atoms with E-state index in [1.165, 1.54) is 5.56 Å². The largest absolute Gasteiger partial charge is 0.331 e. The summed E-state index contributed by atoms with van der Waals surface area (Å²) in [5, 5.41) is 0. The van der Waals surface area contributed by atoms with Crippen LogP contribution in [-0.4, -0.2) is 9.55 Å². The summed E-state index contributed by atoms with van der Waals surface area (Å²) in [6, 6.07) is 10.4. The zero-order chi connectivity index (χ0) is 10.5. The molecule has 0 unspecified atom stereocenters. The molecular formula is C13H14N2. The maximum absolute atomic E-state index is 4.35. The van der Waals surface area contributed by atoms with Crippen molar-refractivity contribution in [1.82, 2.24) is 9.55 Å². The number of hydrogen-bond donors (Lipinski definition) is 0. The Kier molecular flexibility index (Phi) is 2.98. The van der Waals surface area contributed by atoms with E-state index < -0.39 is 0 Å². The van der Waals surface area contributed by atoms with Gasteiger partial charge in [0.2, 0.25) is 0 Å². The van der Waals surface area contributed by atoms with Crippen molar-refractivity contribution in [3.05, 3.63) is 66.8 Å². The summed E-state index contributed by atoms with van der Waals surface area (Å²) < 4.78 is 2.11. The highest BCUT2D eigenvalue weighted by Crippen LogP contribution is 2.07. The van der Waals surface area contributed by atoms with E-state index in [0.717, 1.165) is 18.8 Å². The average molecular weight is 198 g/mol. The molecule has 76 valence electrons. The molecule has 0 saturated carbocycles. The molecule has 2 heteroatoms. The van der Waals surface area contributed by atoms with Gasteiger partial charge in [-0.25, -0.2) is 4.98 Å². The van der Waals surface area contributed by atoms with Gasteiger partial charge in [-0.1, -0.05) is 36.4 Å². The minimum Gasteiger partial charge on any atom is -0.331 e. The highest BCUT2D eigenvalue weighted by molar-refractivity contribution is 5.19. The molecule has 0 atom stereocenters. The summed E-state index contributed by atoms with van der Waals surface area (Å²) in [6.45, 7) is 4.56. The third-order valence-corrected chi connectivity index (χ3v) is 2.33. The molecule has 0 aliphatic carbocycles. The van der Waals surface area contributed by atoms with Crippen LogP contribution in [0.4, 0.5) is 0 Å². The first kappa shape index (κ1) is 9.71. The molecule has 0 amide bonds. The van der Waals surface area contributed by atoms with Crippen molar-refractivity contribution in [3.63, 3.8) is 0 Å². The fourth-order valence-corrected chi connectivity index (χ4v) is 1.59. The van der Waals surface area contributed by atoms with E-state index in [1.807, 2.05) is 24.5 Å². The van der Waals surface area contributed by atoms with Gasteiger partial charge in [0.15, 0.2) is 0 Å². The Hall–Kier alpha value is -1.83. The first-order chi connectivity index (χ1) is 7.40. The van der Waals surface area contributed by atoms with Gasteiger partial charge in [0.05, 0.1) is 0 Å². The summed E-state index contributed by atoms with van der Waals surface area (Å²) in [7, 11) is 0. The molecule has 15 heavy (non-hydrogen) atoms. The number of rotatable bonds is 4. The predicted molar refractivity (Wildman–Crippen MR) is 61.7 cm³/mol. The summed E-state index contributed by atoms with van der Waals surface area (Å²) in [6.07, 6.45) is 6.58. The molecule has 0 saturated heterocycles. The van der Waals surface area contributed by atoms with Crippen molar-refractivity contribution in [1.29, 1.82) is 0 Å². The Morgan fingerprint density at radius 2 is 2.07 bits per heavy atom. The molecule has 0 radical (unpaired) electrons. The molecule has 2 aromatic rings. The van der Waals surface area contributed by atoms with Gasteiger partial charge < -0.3 is 4.57 Å². The molecule has 1 heterocycles. The summed E-state index contributed by atoms with van der Waals surface area (Å²) in [4.78, 5) is 4.35. The SMILES string of the molecule is C=CCn1ccnc1Cc1ccccc1. The van der Waals surface area contributed by atoms with Gasteiger partial charge in [0.1, 0.15) is 5.82 Å². The first-order valence-electron chi connectivity index (χ1n) is 5.05. The Morgan fingerprint density at radius 3 is 2.80 bits per heavy atom. The lowest BCUT2D eigenvalue weighted by Crippen LogP contribution is -2.02. The minimum atomic E-state index is 0.822. The molecule has 1 aromatic carbocycles. The van der Waals surface area contributed by atoms with Crippen LogP contribution in [0.1, 0.15) is 11.4 Å². The summed E-state index contributed by atoms with van der Waals surface area (Å²) in [5.74, 6) is 1.08. The van der Waals surface area contributed by atoms with Crippen molar-refractivity contribution >= 4 is 0 Å². The Labute approximate surface area is 89.9 Å². The van der Waals surface area contributed by atoms with Gasteiger partial charge in [-0.15, -0.1) is 6.58 Å². The van der Waals surface area contributed by atoms with Gasteiger partial charge in [0.25, 0.3) is 0 Å². The molecule has 0 spiro atoms. The van der Waals surface area contributed by atoms with Crippen LogP contribution in [0.3, 0.4) is 0 Å². The van der Waals surface area contributed by atoms with Crippen molar-refractivity contribution in [2.45, 2.75) is 13.0 Å². The quantitative estimate of drug-likeness (QED) is 0.691. The molecular weight excluding hydrogens is 184 g/mol. The molecule has 2 nitrogen and oxygen atoms in total.